The molecule has 186 valence electrons. The molecule has 35 heavy (non-hydrogen) atoms. The predicted molar refractivity (Wildman–Crippen MR) is 136 cm³/mol. The Morgan fingerprint density at radius 3 is 2.26 bits per heavy atom. The van der Waals surface area contributed by atoms with E-state index >= 15 is 0 Å². The van der Waals surface area contributed by atoms with E-state index < -0.39 is 34.3 Å². The molecule has 3 aromatic rings. The van der Waals surface area contributed by atoms with E-state index in [1.165, 1.54) is 17.0 Å². The number of nitrogens with zero attached hydrogens (tertiary/aromatic N) is 2. The fourth-order valence-corrected chi connectivity index (χ4v) is 4.88. The van der Waals surface area contributed by atoms with Gasteiger partial charge in [0.1, 0.15) is 18.4 Å². The average Bonchev–Trinajstić information content (AvgIpc) is 2.82. The van der Waals surface area contributed by atoms with Gasteiger partial charge in [-0.05, 0) is 42.5 Å². The van der Waals surface area contributed by atoms with Gasteiger partial charge in [-0.15, -0.1) is 0 Å². The fraction of sp³-hybridized carbons (Fsp3) is 0.308. The Kier molecular flexibility index (Phi) is 8.45. The van der Waals surface area contributed by atoms with Gasteiger partial charge in [-0.1, -0.05) is 55.5 Å². The highest BCUT2D eigenvalue weighted by Crippen LogP contribution is 2.28. The number of amides is 2. The van der Waals surface area contributed by atoms with Crippen LogP contribution in [0, 0.1) is 5.82 Å². The zero-order chi connectivity index (χ0) is 25.6. The number of carbonyl (C=O) groups excluding carboxylic acids is 2. The number of benzene rings is 3. The molecule has 0 spiro atoms. The molecule has 3 aromatic carbocycles. The Morgan fingerprint density at radius 2 is 1.63 bits per heavy atom. The molecule has 0 saturated heterocycles. The van der Waals surface area contributed by atoms with Crippen LogP contribution in [-0.4, -0.2) is 50.5 Å². The first-order valence-electron chi connectivity index (χ1n) is 11.4. The third kappa shape index (κ3) is 6.36. The molecule has 0 radical (unpaired) electrons. The maximum absolute atomic E-state index is 13.7. The van der Waals surface area contributed by atoms with Gasteiger partial charge in [-0.25, -0.2) is 12.8 Å². The van der Waals surface area contributed by atoms with Gasteiger partial charge in [0.15, 0.2) is 0 Å². The third-order valence-corrected chi connectivity index (χ3v) is 6.84. The van der Waals surface area contributed by atoms with Crippen LogP contribution in [0.2, 0.25) is 0 Å². The highest BCUT2D eigenvalue weighted by molar-refractivity contribution is 7.92. The zero-order valence-electron chi connectivity index (χ0n) is 20.1. The number of carbonyl (C=O) groups is 2. The lowest BCUT2D eigenvalue weighted by Gasteiger charge is -2.33. The number of likely N-dealkylation sites (N-methyl/N-ethyl adjacent to an activating group) is 1. The Labute approximate surface area is 205 Å². The molecule has 1 N–H and O–H groups in total. The molecule has 0 saturated carbocycles. The predicted octanol–water partition coefficient (Wildman–Crippen LogP) is 3.69. The molecule has 3 rings (SSSR count). The monoisotopic (exact) mass is 499 g/mol. The minimum absolute atomic E-state index is 0.0297. The van der Waals surface area contributed by atoms with Crippen LogP contribution in [0.5, 0.6) is 0 Å². The van der Waals surface area contributed by atoms with Gasteiger partial charge >= 0.3 is 0 Å². The summed E-state index contributed by atoms with van der Waals surface area (Å²) in [6.45, 7) is 3.50. The van der Waals surface area contributed by atoms with Gasteiger partial charge in [-0.2, -0.15) is 0 Å². The summed E-state index contributed by atoms with van der Waals surface area (Å²) < 4.78 is 40.2. The fourth-order valence-electron chi connectivity index (χ4n) is 4.02. The highest BCUT2D eigenvalue weighted by atomic mass is 32.2. The highest BCUT2D eigenvalue weighted by Gasteiger charge is 2.32. The van der Waals surface area contributed by atoms with E-state index in [1.54, 1.807) is 50.2 Å². The number of nitrogens with one attached hydrogen (secondary N) is 1. The Balaban J connectivity index is 2.02. The molecule has 9 heteroatoms. The molecule has 0 heterocycles. The number of anilines is 1. The molecule has 7 nitrogen and oxygen atoms in total. The van der Waals surface area contributed by atoms with Crippen molar-refractivity contribution >= 4 is 38.3 Å². The van der Waals surface area contributed by atoms with Crippen molar-refractivity contribution in [2.45, 2.75) is 32.9 Å². The van der Waals surface area contributed by atoms with Crippen LogP contribution in [0.15, 0.2) is 66.7 Å². The average molecular weight is 500 g/mol. The van der Waals surface area contributed by atoms with E-state index in [4.69, 9.17) is 0 Å². The molecule has 2 amide bonds. The molecule has 0 aliphatic heterocycles. The number of sulfonamides is 1. The van der Waals surface area contributed by atoms with E-state index in [0.717, 1.165) is 15.9 Å². The maximum atomic E-state index is 13.7. The van der Waals surface area contributed by atoms with E-state index in [1.807, 2.05) is 18.2 Å². The van der Waals surface area contributed by atoms with Crippen molar-refractivity contribution < 1.29 is 22.4 Å². The minimum Gasteiger partial charge on any atom is -0.355 e. The largest absolute Gasteiger partial charge is 0.355 e. The molecule has 1 atom stereocenters. The van der Waals surface area contributed by atoms with Crippen LogP contribution in [-0.2, 0) is 26.2 Å². The number of hydrogen-bond acceptors (Lipinski definition) is 4. The lowest BCUT2D eigenvalue weighted by Crippen LogP contribution is -2.52. The summed E-state index contributed by atoms with van der Waals surface area (Å²) in [5, 5.41) is 4.27. The summed E-state index contributed by atoms with van der Waals surface area (Å²) in [4.78, 5) is 27.8. The van der Waals surface area contributed by atoms with E-state index in [2.05, 4.69) is 5.32 Å². The number of halogens is 1. The third-order valence-electron chi connectivity index (χ3n) is 5.72. The molecular weight excluding hydrogens is 469 g/mol. The Hall–Kier alpha value is -3.46. The number of hydrogen-bond donors (Lipinski definition) is 1. The second kappa shape index (κ2) is 11.3. The molecule has 0 aromatic heterocycles. The van der Waals surface area contributed by atoms with Crippen molar-refractivity contribution in [3.63, 3.8) is 0 Å². The smallest absolute Gasteiger partial charge is 0.244 e. The number of rotatable bonds is 10. The molecule has 0 aliphatic carbocycles. The first-order chi connectivity index (χ1) is 16.7. The first kappa shape index (κ1) is 26.2. The summed E-state index contributed by atoms with van der Waals surface area (Å²) in [6.07, 6.45) is 1.37. The van der Waals surface area contributed by atoms with Gasteiger partial charge in [0.25, 0.3) is 0 Å². The van der Waals surface area contributed by atoms with Crippen molar-refractivity contribution in [1.29, 1.82) is 0 Å². The minimum atomic E-state index is -3.84. The van der Waals surface area contributed by atoms with Crippen molar-refractivity contribution in [2.24, 2.45) is 0 Å². The van der Waals surface area contributed by atoms with E-state index in [0.29, 0.717) is 29.6 Å². The SMILES string of the molecule is CCNC(=O)[C@H](CC)N(Cc1ccc(F)cc1)C(=O)CN(c1cccc2ccccc12)S(C)(=O)=O. The first-order valence-corrected chi connectivity index (χ1v) is 13.3. The van der Waals surface area contributed by atoms with Crippen LogP contribution >= 0.6 is 0 Å². The Bertz CT molecular complexity index is 1290. The lowest BCUT2D eigenvalue weighted by molar-refractivity contribution is -0.140. The van der Waals surface area contributed by atoms with Crippen molar-refractivity contribution in [3.8, 4) is 0 Å². The van der Waals surface area contributed by atoms with Gasteiger partial charge in [0, 0.05) is 18.5 Å². The second-order valence-electron chi connectivity index (χ2n) is 8.23. The van der Waals surface area contributed by atoms with Gasteiger partial charge in [-0.3, -0.25) is 13.9 Å². The number of fused-ring (bicyclic) bond motifs is 1. The summed E-state index contributed by atoms with van der Waals surface area (Å²) >= 11 is 0. The molecule has 0 bridgehead atoms. The molecular formula is C26H30FN3O4S. The van der Waals surface area contributed by atoms with Crippen molar-refractivity contribution in [3.05, 3.63) is 78.1 Å². The van der Waals surface area contributed by atoms with Crippen LogP contribution < -0.4 is 9.62 Å². The van der Waals surface area contributed by atoms with Crippen LogP contribution in [0.4, 0.5) is 10.1 Å². The van der Waals surface area contributed by atoms with Gasteiger partial charge < -0.3 is 10.2 Å². The van der Waals surface area contributed by atoms with Crippen molar-refractivity contribution in [2.75, 3.05) is 23.7 Å². The zero-order valence-corrected chi connectivity index (χ0v) is 20.9. The van der Waals surface area contributed by atoms with E-state index in [-0.39, 0.29) is 12.5 Å². The Morgan fingerprint density at radius 1 is 0.971 bits per heavy atom. The van der Waals surface area contributed by atoms with Gasteiger partial charge in [0.2, 0.25) is 21.8 Å². The second-order valence-corrected chi connectivity index (χ2v) is 10.1. The van der Waals surface area contributed by atoms with Crippen LogP contribution in [0.25, 0.3) is 10.8 Å². The van der Waals surface area contributed by atoms with Crippen molar-refractivity contribution in [1.82, 2.24) is 10.2 Å². The normalized spacial score (nSPS) is 12.2. The molecule has 0 aliphatic rings. The van der Waals surface area contributed by atoms with Gasteiger partial charge in [0.05, 0.1) is 11.9 Å². The van der Waals surface area contributed by atoms with Crippen LogP contribution in [0.3, 0.4) is 0 Å². The van der Waals surface area contributed by atoms with Crippen LogP contribution in [0.1, 0.15) is 25.8 Å². The lowest BCUT2D eigenvalue weighted by atomic mass is 10.1. The molecule has 0 unspecified atom stereocenters. The summed E-state index contributed by atoms with van der Waals surface area (Å²) in [7, 11) is -3.84. The maximum Gasteiger partial charge on any atom is 0.244 e. The topological polar surface area (TPSA) is 86.8 Å². The summed E-state index contributed by atoms with van der Waals surface area (Å²) in [6, 6.07) is 17.4. The standard InChI is InChI=1S/C26H30FN3O4S/c1-4-23(26(32)28-5-2)29(17-19-13-15-21(27)16-14-19)25(31)18-30(35(3,33)34)24-12-8-10-20-9-6-7-11-22(20)24/h6-16,23H,4-5,17-18H2,1-3H3,(H,28,32)/t23-/m0/s1. The summed E-state index contributed by atoms with van der Waals surface area (Å²) in [5.41, 5.74) is 1.00. The summed E-state index contributed by atoms with van der Waals surface area (Å²) in [5.74, 6) is -1.28. The quantitative estimate of drug-likeness (QED) is 0.461. The molecule has 0 fully saturated rings. The van der Waals surface area contributed by atoms with E-state index in [9.17, 15) is 22.4 Å².